The van der Waals surface area contributed by atoms with E-state index in [0.29, 0.717) is 6.54 Å². The largest absolute Gasteiger partial charge is 0.387 e. The van der Waals surface area contributed by atoms with Gasteiger partial charge in [-0.05, 0) is 30.2 Å². The number of piperidine rings is 1. The summed E-state index contributed by atoms with van der Waals surface area (Å²) in [5.41, 5.74) is 0. The zero-order valence-electron chi connectivity index (χ0n) is 14.2. The van der Waals surface area contributed by atoms with E-state index in [1.807, 2.05) is 34.2 Å². The second-order valence-electron chi connectivity index (χ2n) is 6.98. The number of urea groups is 1. The van der Waals surface area contributed by atoms with Crippen molar-refractivity contribution in [3.63, 3.8) is 0 Å². The van der Waals surface area contributed by atoms with Gasteiger partial charge in [0.1, 0.15) is 0 Å². The van der Waals surface area contributed by atoms with Gasteiger partial charge in [0.05, 0.1) is 6.10 Å². The maximum absolute atomic E-state index is 12.2. The van der Waals surface area contributed by atoms with Gasteiger partial charge in [0.25, 0.3) is 0 Å². The Balaban J connectivity index is 1.68. The summed E-state index contributed by atoms with van der Waals surface area (Å²) in [5, 5.41) is 15.4. The molecule has 1 atom stereocenters. The molecule has 1 aliphatic heterocycles. The predicted octanol–water partition coefficient (Wildman–Crippen LogP) is 3.73. The molecule has 6 heteroatoms. The minimum Gasteiger partial charge on any atom is -0.387 e. The first kappa shape index (κ1) is 18.6. The fraction of sp³-hybridized carbons (Fsp3) is 0.706. The van der Waals surface area contributed by atoms with Crippen molar-refractivity contribution in [2.24, 2.45) is 5.92 Å². The van der Waals surface area contributed by atoms with Crippen LogP contribution in [0.15, 0.2) is 17.5 Å². The summed E-state index contributed by atoms with van der Waals surface area (Å²) in [6.07, 6.45) is 1.34. The minimum absolute atomic E-state index is 0.0311. The van der Waals surface area contributed by atoms with Crippen LogP contribution >= 0.6 is 23.1 Å². The van der Waals surface area contributed by atoms with E-state index in [1.165, 1.54) is 0 Å². The lowest BCUT2D eigenvalue weighted by Crippen LogP contribution is -2.45. The summed E-state index contributed by atoms with van der Waals surface area (Å²) in [6.45, 7) is 8.71. The lowest BCUT2D eigenvalue weighted by molar-refractivity contribution is 0.0691. The van der Waals surface area contributed by atoms with Crippen LogP contribution in [-0.2, 0) is 0 Å². The van der Waals surface area contributed by atoms with Crippen LogP contribution in [0.5, 0.6) is 0 Å². The van der Waals surface area contributed by atoms with E-state index in [9.17, 15) is 9.90 Å². The van der Waals surface area contributed by atoms with Crippen molar-refractivity contribution < 1.29 is 9.90 Å². The van der Waals surface area contributed by atoms with Crippen molar-refractivity contribution in [3.8, 4) is 0 Å². The van der Waals surface area contributed by atoms with Crippen molar-refractivity contribution in [2.45, 2.75) is 44.5 Å². The summed E-state index contributed by atoms with van der Waals surface area (Å²) in [7, 11) is 0. The van der Waals surface area contributed by atoms with Gasteiger partial charge >= 0.3 is 6.03 Å². The average Bonchev–Trinajstić information content (AvgIpc) is 3.04. The third-order valence-electron chi connectivity index (χ3n) is 4.02. The zero-order valence-corrected chi connectivity index (χ0v) is 15.9. The molecule has 2 heterocycles. The number of amides is 2. The molecule has 23 heavy (non-hydrogen) atoms. The lowest BCUT2D eigenvalue weighted by Gasteiger charge is -2.34. The number of carbonyl (C=O) groups excluding carboxylic acids is 1. The van der Waals surface area contributed by atoms with E-state index < -0.39 is 0 Å². The zero-order chi connectivity index (χ0) is 16.9. The van der Waals surface area contributed by atoms with E-state index in [0.717, 1.165) is 36.6 Å². The summed E-state index contributed by atoms with van der Waals surface area (Å²) in [4.78, 5) is 15.1. The molecule has 2 N–H and O–H groups in total. The van der Waals surface area contributed by atoms with Gasteiger partial charge in [-0.25, -0.2) is 4.79 Å². The molecule has 130 valence electrons. The molecule has 0 saturated carbocycles. The molecule has 2 amide bonds. The summed E-state index contributed by atoms with van der Waals surface area (Å²) < 4.78 is 0.237. The first-order chi connectivity index (χ1) is 10.9. The van der Waals surface area contributed by atoms with Crippen molar-refractivity contribution in [2.75, 3.05) is 25.4 Å². The van der Waals surface area contributed by atoms with Crippen molar-refractivity contribution in [1.82, 2.24) is 10.2 Å². The van der Waals surface area contributed by atoms with Crippen LogP contribution in [0.1, 0.15) is 44.6 Å². The van der Waals surface area contributed by atoms with Gasteiger partial charge in [-0.2, -0.15) is 11.8 Å². The highest BCUT2D eigenvalue weighted by molar-refractivity contribution is 8.00. The first-order valence-corrected chi connectivity index (χ1v) is 10.1. The highest BCUT2D eigenvalue weighted by Gasteiger charge is 2.28. The number of hydrogen-bond acceptors (Lipinski definition) is 4. The summed E-state index contributed by atoms with van der Waals surface area (Å²) in [5.74, 6) is 1.19. The van der Waals surface area contributed by atoms with E-state index >= 15 is 0 Å². The molecule has 0 radical (unpaired) electrons. The topological polar surface area (TPSA) is 52.6 Å². The second-order valence-corrected chi connectivity index (χ2v) is 9.88. The van der Waals surface area contributed by atoms with Gasteiger partial charge in [-0.3, -0.25) is 0 Å². The number of aliphatic hydroxyl groups excluding tert-OH is 1. The number of aliphatic hydroxyl groups is 1. The van der Waals surface area contributed by atoms with Gasteiger partial charge in [-0.15, -0.1) is 11.3 Å². The number of carbonyl (C=O) groups is 1. The molecule has 1 aliphatic rings. The number of thioether (sulfide) groups is 1. The normalized spacial score (nSPS) is 18.0. The molecule has 1 aromatic heterocycles. The molecule has 2 rings (SSSR count). The SMILES string of the molecule is CC(C)(C)SCCNC(=O)N1CCC(C(O)c2cccs2)CC1. The fourth-order valence-corrected chi connectivity index (χ4v) is 4.36. The molecular weight excluding hydrogens is 328 g/mol. The Morgan fingerprint density at radius 1 is 1.48 bits per heavy atom. The Hall–Kier alpha value is -0.720. The second kappa shape index (κ2) is 8.40. The van der Waals surface area contributed by atoms with Crippen LogP contribution < -0.4 is 5.32 Å². The van der Waals surface area contributed by atoms with E-state index in [2.05, 4.69) is 26.1 Å². The molecule has 0 aliphatic carbocycles. The van der Waals surface area contributed by atoms with E-state index in [4.69, 9.17) is 0 Å². The van der Waals surface area contributed by atoms with Crippen LogP contribution in [0.2, 0.25) is 0 Å². The monoisotopic (exact) mass is 356 g/mol. The molecule has 1 unspecified atom stereocenters. The predicted molar refractivity (Wildman–Crippen MR) is 99.2 cm³/mol. The summed E-state index contributed by atoms with van der Waals surface area (Å²) in [6, 6.07) is 3.99. The van der Waals surface area contributed by atoms with Crippen LogP contribution in [0.25, 0.3) is 0 Å². The molecule has 1 fully saturated rings. The Morgan fingerprint density at radius 3 is 2.74 bits per heavy atom. The number of likely N-dealkylation sites (tertiary alicyclic amines) is 1. The maximum Gasteiger partial charge on any atom is 0.317 e. The molecule has 4 nitrogen and oxygen atoms in total. The van der Waals surface area contributed by atoms with Crippen LogP contribution in [0.4, 0.5) is 4.79 Å². The van der Waals surface area contributed by atoms with Gasteiger partial charge in [-0.1, -0.05) is 26.8 Å². The van der Waals surface area contributed by atoms with E-state index in [-0.39, 0.29) is 22.8 Å². The number of hydrogen-bond donors (Lipinski definition) is 2. The Labute approximate surface area is 147 Å². The lowest BCUT2D eigenvalue weighted by atomic mass is 9.90. The molecule has 0 aromatic carbocycles. The Morgan fingerprint density at radius 2 is 2.17 bits per heavy atom. The Bertz CT molecular complexity index is 477. The van der Waals surface area contributed by atoms with Crippen LogP contribution in [-0.4, -0.2) is 46.2 Å². The van der Waals surface area contributed by atoms with Crippen LogP contribution in [0.3, 0.4) is 0 Å². The van der Waals surface area contributed by atoms with Crippen LogP contribution in [0, 0.1) is 5.92 Å². The molecule has 0 spiro atoms. The van der Waals surface area contributed by atoms with Crippen molar-refractivity contribution >= 4 is 29.1 Å². The first-order valence-electron chi connectivity index (χ1n) is 8.25. The smallest absolute Gasteiger partial charge is 0.317 e. The van der Waals surface area contributed by atoms with Gasteiger partial charge in [0.2, 0.25) is 0 Å². The Kier molecular flexibility index (Phi) is 6.80. The highest BCUT2D eigenvalue weighted by atomic mass is 32.2. The van der Waals surface area contributed by atoms with Crippen molar-refractivity contribution in [1.29, 1.82) is 0 Å². The number of rotatable bonds is 5. The number of nitrogens with zero attached hydrogens (tertiary/aromatic N) is 1. The van der Waals surface area contributed by atoms with E-state index in [1.54, 1.807) is 11.3 Å². The summed E-state index contributed by atoms with van der Waals surface area (Å²) >= 11 is 3.46. The molecular formula is C17H28N2O2S2. The fourth-order valence-electron chi connectivity index (χ4n) is 2.74. The quantitative estimate of drug-likeness (QED) is 0.790. The number of thiophene rings is 1. The standard InChI is InChI=1S/C17H28N2O2S2/c1-17(2,3)23-12-8-18-16(21)19-9-6-13(7-10-19)15(20)14-5-4-11-22-14/h4-5,11,13,15,20H,6-10,12H2,1-3H3,(H,18,21). The highest BCUT2D eigenvalue weighted by Crippen LogP contribution is 2.32. The van der Waals surface area contributed by atoms with Gasteiger partial charge in [0, 0.05) is 35.0 Å². The third-order valence-corrected chi connectivity index (χ3v) is 6.24. The average molecular weight is 357 g/mol. The minimum atomic E-state index is -0.386. The van der Waals surface area contributed by atoms with Gasteiger partial charge < -0.3 is 15.3 Å². The molecule has 1 aromatic rings. The maximum atomic E-state index is 12.2. The third kappa shape index (κ3) is 6.01. The number of nitrogens with one attached hydrogen (secondary N) is 1. The molecule has 0 bridgehead atoms. The van der Waals surface area contributed by atoms with Crippen molar-refractivity contribution in [3.05, 3.63) is 22.4 Å². The molecule has 1 saturated heterocycles. The van der Waals surface area contributed by atoms with Gasteiger partial charge in [0.15, 0.2) is 0 Å².